The molecule has 0 radical (unpaired) electrons. The largest absolute Gasteiger partial charge is 0.392 e. The van der Waals surface area contributed by atoms with Gasteiger partial charge in [-0.25, -0.2) is 14.4 Å². The van der Waals surface area contributed by atoms with Gasteiger partial charge in [0, 0.05) is 11.5 Å². The van der Waals surface area contributed by atoms with E-state index in [2.05, 4.69) is 34.7 Å². The van der Waals surface area contributed by atoms with Crippen molar-refractivity contribution in [3.05, 3.63) is 0 Å². The number of carbonyl (C=O) groups is 4. The van der Waals surface area contributed by atoms with Crippen LogP contribution in [-0.4, -0.2) is 53.5 Å². The summed E-state index contributed by atoms with van der Waals surface area (Å²) in [6.07, 6.45) is -0.659. The topological polar surface area (TPSA) is 165 Å². The second-order valence-electron chi connectivity index (χ2n) is 3.92. The maximum Gasteiger partial charge on any atom is 0.331 e. The molecule has 0 spiro atoms. The zero-order valence-electron chi connectivity index (χ0n) is 10.9. The normalized spacial score (nSPS) is 14.7. The van der Waals surface area contributed by atoms with E-state index >= 15 is 0 Å². The number of esters is 4. The molecule has 0 bridgehead atoms. The van der Waals surface area contributed by atoms with Gasteiger partial charge in [-0.15, -0.1) is 0 Å². The molecule has 0 heterocycles. The van der Waals surface area contributed by atoms with Gasteiger partial charge in [-0.05, 0) is 0 Å². The molecule has 3 atom stereocenters. The fourth-order valence-corrected chi connectivity index (χ4v) is 1.19. The molecule has 6 N–H and O–H groups in total. The highest BCUT2D eigenvalue weighted by Gasteiger charge is 2.26. The second kappa shape index (κ2) is 9.73. The van der Waals surface area contributed by atoms with Gasteiger partial charge >= 0.3 is 23.9 Å². The standard InChI is InChI=1S/C10H17N3O6S2/c11-4(8(15)19-10(17)6(13)3-21)1-7(14)18-9(16)5(12)2-20/h4-6,20-21H,1-3,11-13H2. The third kappa shape index (κ3) is 7.43. The molecular formula is C10H17N3O6S2. The van der Waals surface area contributed by atoms with Crippen LogP contribution >= 0.6 is 25.3 Å². The number of thiol groups is 2. The number of ether oxygens (including phenoxy) is 2. The van der Waals surface area contributed by atoms with Gasteiger partial charge in [0.2, 0.25) is 0 Å². The first-order chi connectivity index (χ1) is 9.72. The first-order valence-electron chi connectivity index (χ1n) is 5.71. The third-order valence-corrected chi connectivity index (χ3v) is 2.89. The Hall–Kier alpha value is -1.14. The molecule has 0 aromatic carbocycles. The predicted octanol–water partition coefficient (Wildman–Crippen LogP) is -2.64. The second-order valence-corrected chi connectivity index (χ2v) is 4.65. The van der Waals surface area contributed by atoms with Gasteiger partial charge in [0.15, 0.2) is 0 Å². The lowest BCUT2D eigenvalue weighted by Gasteiger charge is -2.12. The zero-order chi connectivity index (χ0) is 16.6. The van der Waals surface area contributed by atoms with Gasteiger partial charge in [-0.3, -0.25) is 4.79 Å². The molecule has 9 nitrogen and oxygen atoms in total. The number of rotatable bonds is 7. The van der Waals surface area contributed by atoms with Crippen LogP contribution in [0.2, 0.25) is 0 Å². The van der Waals surface area contributed by atoms with E-state index in [1.807, 2.05) is 0 Å². The average molecular weight is 339 g/mol. The van der Waals surface area contributed by atoms with E-state index in [1.165, 1.54) is 0 Å². The van der Waals surface area contributed by atoms with E-state index < -0.39 is 48.4 Å². The van der Waals surface area contributed by atoms with Gasteiger partial charge in [0.05, 0.1) is 6.42 Å². The summed E-state index contributed by atoms with van der Waals surface area (Å²) < 4.78 is 8.67. The quantitative estimate of drug-likeness (QED) is 0.189. The van der Waals surface area contributed by atoms with E-state index in [-0.39, 0.29) is 11.5 Å². The van der Waals surface area contributed by atoms with Crippen molar-refractivity contribution in [1.82, 2.24) is 0 Å². The molecule has 3 unspecified atom stereocenters. The number of hydrogen-bond acceptors (Lipinski definition) is 11. The fourth-order valence-electron chi connectivity index (χ4n) is 0.892. The summed E-state index contributed by atoms with van der Waals surface area (Å²) in [5.74, 6) is -4.31. The van der Waals surface area contributed by atoms with Crippen molar-refractivity contribution in [3.63, 3.8) is 0 Å². The van der Waals surface area contributed by atoms with Crippen LogP contribution in [0.3, 0.4) is 0 Å². The van der Waals surface area contributed by atoms with Crippen LogP contribution in [0, 0.1) is 0 Å². The van der Waals surface area contributed by atoms with E-state index in [0.717, 1.165) is 0 Å². The predicted molar refractivity (Wildman–Crippen MR) is 78.4 cm³/mol. The van der Waals surface area contributed by atoms with Gasteiger partial charge < -0.3 is 26.7 Å². The van der Waals surface area contributed by atoms with Gasteiger partial charge in [0.1, 0.15) is 18.1 Å². The smallest absolute Gasteiger partial charge is 0.331 e. The van der Waals surface area contributed by atoms with Crippen LogP contribution in [-0.2, 0) is 28.7 Å². The molecule has 0 saturated heterocycles. The summed E-state index contributed by atoms with van der Waals surface area (Å²) in [6, 6.07) is -3.64. The molecule has 0 aromatic heterocycles. The molecule has 0 amide bonds. The third-order valence-electron chi connectivity index (χ3n) is 2.10. The number of hydrogen-bond donors (Lipinski definition) is 5. The zero-order valence-corrected chi connectivity index (χ0v) is 12.7. The SMILES string of the molecule is NC(CS)C(=O)OC(=O)CC(N)C(=O)OC(=O)C(N)CS. The monoisotopic (exact) mass is 339 g/mol. The van der Waals surface area contributed by atoms with E-state index in [9.17, 15) is 19.2 Å². The molecule has 0 aliphatic heterocycles. The van der Waals surface area contributed by atoms with Crippen LogP contribution in [0.1, 0.15) is 6.42 Å². The Balaban J connectivity index is 4.32. The molecular weight excluding hydrogens is 322 g/mol. The van der Waals surface area contributed by atoms with Crippen molar-refractivity contribution in [2.75, 3.05) is 11.5 Å². The molecule has 0 rings (SSSR count). The van der Waals surface area contributed by atoms with Gasteiger partial charge in [-0.1, -0.05) is 0 Å². The summed E-state index contributed by atoms with van der Waals surface area (Å²) >= 11 is 7.51. The fraction of sp³-hybridized carbons (Fsp3) is 0.600. The summed E-state index contributed by atoms with van der Waals surface area (Å²) in [6.45, 7) is 0. The lowest BCUT2D eigenvalue weighted by atomic mass is 10.2. The Morgan fingerprint density at radius 1 is 0.762 bits per heavy atom. The minimum absolute atomic E-state index is 0.0175. The molecule has 0 aromatic rings. The van der Waals surface area contributed by atoms with Crippen molar-refractivity contribution in [3.8, 4) is 0 Å². The van der Waals surface area contributed by atoms with Crippen LogP contribution in [0.25, 0.3) is 0 Å². The van der Waals surface area contributed by atoms with Crippen molar-refractivity contribution < 1.29 is 28.7 Å². The Labute approximate surface area is 131 Å². The lowest BCUT2D eigenvalue weighted by molar-refractivity contribution is -0.166. The molecule has 0 aliphatic rings. The highest BCUT2D eigenvalue weighted by molar-refractivity contribution is 7.80. The number of nitrogens with two attached hydrogens (primary N) is 3. The first kappa shape index (κ1) is 19.9. The van der Waals surface area contributed by atoms with Crippen LogP contribution < -0.4 is 17.2 Å². The molecule has 120 valence electrons. The lowest BCUT2D eigenvalue weighted by Crippen LogP contribution is -2.42. The van der Waals surface area contributed by atoms with Gasteiger partial charge in [0.25, 0.3) is 0 Å². The highest BCUT2D eigenvalue weighted by Crippen LogP contribution is 1.99. The van der Waals surface area contributed by atoms with Crippen LogP contribution in [0.5, 0.6) is 0 Å². The molecule has 0 saturated carbocycles. The van der Waals surface area contributed by atoms with Crippen molar-refractivity contribution in [2.45, 2.75) is 24.5 Å². The Bertz CT molecular complexity index is 420. The number of carbonyl (C=O) groups excluding carboxylic acids is 4. The molecule has 0 fully saturated rings. The van der Waals surface area contributed by atoms with E-state index in [1.54, 1.807) is 0 Å². The maximum absolute atomic E-state index is 11.4. The van der Waals surface area contributed by atoms with E-state index in [0.29, 0.717) is 0 Å². The Morgan fingerprint density at radius 3 is 1.57 bits per heavy atom. The van der Waals surface area contributed by atoms with Crippen molar-refractivity contribution in [1.29, 1.82) is 0 Å². The van der Waals surface area contributed by atoms with Crippen molar-refractivity contribution in [2.24, 2.45) is 17.2 Å². The summed E-state index contributed by atoms with van der Waals surface area (Å²) in [7, 11) is 0. The average Bonchev–Trinajstić information content (AvgIpc) is 2.44. The van der Waals surface area contributed by atoms with Crippen molar-refractivity contribution >= 4 is 49.1 Å². The highest BCUT2D eigenvalue weighted by atomic mass is 32.1. The summed E-state index contributed by atoms with van der Waals surface area (Å²) in [5, 5.41) is 0. The van der Waals surface area contributed by atoms with E-state index in [4.69, 9.17) is 17.2 Å². The Morgan fingerprint density at radius 2 is 1.14 bits per heavy atom. The molecule has 11 heteroatoms. The van der Waals surface area contributed by atoms with Gasteiger partial charge in [-0.2, -0.15) is 25.3 Å². The first-order valence-corrected chi connectivity index (χ1v) is 6.97. The Kier molecular flexibility index (Phi) is 9.21. The minimum Gasteiger partial charge on any atom is -0.392 e. The summed E-state index contributed by atoms with van der Waals surface area (Å²) in [4.78, 5) is 45.1. The molecule has 0 aliphatic carbocycles. The van der Waals surface area contributed by atoms with Crippen LogP contribution in [0.15, 0.2) is 0 Å². The maximum atomic E-state index is 11.4. The summed E-state index contributed by atoms with van der Waals surface area (Å²) in [5.41, 5.74) is 15.9. The minimum atomic E-state index is -1.48. The van der Waals surface area contributed by atoms with Crippen LogP contribution in [0.4, 0.5) is 0 Å². The molecule has 21 heavy (non-hydrogen) atoms.